The van der Waals surface area contributed by atoms with Crippen molar-refractivity contribution < 1.29 is 26.9 Å². The van der Waals surface area contributed by atoms with Gasteiger partial charge in [-0.15, -0.1) is 13.2 Å². The Hall–Kier alpha value is -2.35. The van der Waals surface area contributed by atoms with E-state index < -0.39 is 22.6 Å². The Morgan fingerprint density at radius 2 is 1.60 bits per heavy atom. The number of rotatable bonds is 4. The molecule has 4 rings (SSSR count). The Morgan fingerprint density at radius 1 is 0.967 bits per heavy atom. The van der Waals surface area contributed by atoms with Crippen LogP contribution in [0.3, 0.4) is 0 Å². The monoisotopic (exact) mass is 437 g/mol. The third-order valence-electron chi connectivity index (χ3n) is 6.06. The number of amides is 1. The number of hydrogen-bond acceptors (Lipinski definition) is 3. The van der Waals surface area contributed by atoms with Crippen LogP contribution >= 0.6 is 0 Å². The minimum absolute atomic E-state index is 0.0101. The number of carbonyl (C=O) groups is 1. The summed E-state index contributed by atoms with van der Waals surface area (Å²) in [5.74, 6) is -0.299. The second-order valence-electron chi connectivity index (χ2n) is 7.84. The zero-order chi connectivity index (χ0) is 21.4. The molecular formula is C22H22F3NO3S. The van der Waals surface area contributed by atoms with Gasteiger partial charge in [-0.05, 0) is 68.5 Å². The third-order valence-corrected chi connectivity index (χ3v) is 7.88. The van der Waals surface area contributed by atoms with Crippen LogP contribution in [0.15, 0.2) is 59.5 Å². The third kappa shape index (κ3) is 4.24. The van der Waals surface area contributed by atoms with Gasteiger partial charge >= 0.3 is 6.36 Å². The van der Waals surface area contributed by atoms with E-state index in [4.69, 9.17) is 0 Å². The molecule has 160 valence electrons. The van der Waals surface area contributed by atoms with Crippen molar-refractivity contribution >= 4 is 22.4 Å². The molecule has 2 aromatic carbocycles. The number of carbonyl (C=O) groups excluding carboxylic acids is 1. The normalized spacial score (nSPS) is 25.5. The van der Waals surface area contributed by atoms with Crippen LogP contribution in [-0.4, -0.2) is 28.3 Å². The van der Waals surface area contributed by atoms with Crippen LogP contribution in [0.2, 0.25) is 0 Å². The second-order valence-corrected chi connectivity index (χ2v) is 9.57. The molecule has 30 heavy (non-hydrogen) atoms. The van der Waals surface area contributed by atoms with Gasteiger partial charge in [-0.25, -0.2) is 0 Å². The Labute approximate surface area is 175 Å². The van der Waals surface area contributed by atoms with Crippen molar-refractivity contribution in [3.8, 4) is 5.75 Å². The molecular weight excluding hydrogens is 415 g/mol. The zero-order valence-corrected chi connectivity index (χ0v) is 17.0. The van der Waals surface area contributed by atoms with Crippen molar-refractivity contribution in [2.75, 3.05) is 11.4 Å². The SMILES string of the molecule is O=C1N(c2ccc(OC(F)(F)F)cc2)CCC12CCC([S@@](=O)c1ccccc1)CC2. The number of halogens is 3. The van der Waals surface area contributed by atoms with E-state index in [-0.39, 0.29) is 16.9 Å². The van der Waals surface area contributed by atoms with Gasteiger partial charge in [0.2, 0.25) is 5.91 Å². The lowest BCUT2D eigenvalue weighted by Crippen LogP contribution is -2.39. The average molecular weight is 437 g/mol. The second kappa shape index (κ2) is 8.06. The van der Waals surface area contributed by atoms with Crippen LogP contribution in [-0.2, 0) is 15.6 Å². The van der Waals surface area contributed by atoms with Crippen molar-refractivity contribution in [2.45, 2.75) is 48.6 Å². The molecule has 2 fully saturated rings. The number of alkyl halides is 3. The summed E-state index contributed by atoms with van der Waals surface area (Å²) in [7, 11) is -1.08. The molecule has 1 amide bonds. The molecule has 1 aliphatic heterocycles. The van der Waals surface area contributed by atoms with E-state index in [1.165, 1.54) is 24.3 Å². The van der Waals surface area contributed by atoms with E-state index in [0.717, 1.165) is 17.7 Å². The van der Waals surface area contributed by atoms with E-state index in [9.17, 15) is 22.2 Å². The first-order chi connectivity index (χ1) is 14.3. The highest BCUT2D eigenvalue weighted by Crippen LogP contribution is 2.47. The first-order valence-corrected chi connectivity index (χ1v) is 11.1. The van der Waals surface area contributed by atoms with Crippen LogP contribution in [0.25, 0.3) is 0 Å². The van der Waals surface area contributed by atoms with Crippen molar-refractivity contribution in [1.29, 1.82) is 0 Å². The van der Waals surface area contributed by atoms with E-state index in [2.05, 4.69) is 4.74 Å². The molecule has 1 spiro atoms. The van der Waals surface area contributed by atoms with Gasteiger partial charge in [0.15, 0.2) is 0 Å². The molecule has 0 radical (unpaired) electrons. The highest BCUT2D eigenvalue weighted by atomic mass is 32.2. The summed E-state index contributed by atoms with van der Waals surface area (Å²) in [6.45, 7) is 0.532. The van der Waals surface area contributed by atoms with E-state index in [1.807, 2.05) is 30.3 Å². The van der Waals surface area contributed by atoms with Gasteiger partial charge < -0.3 is 9.64 Å². The maximum absolute atomic E-state index is 13.2. The van der Waals surface area contributed by atoms with Crippen LogP contribution < -0.4 is 9.64 Å². The number of anilines is 1. The fraction of sp³-hybridized carbons (Fsp3) is 0.409. The van der Waals surface area contributed by atoms with Crippen LogP contribution in [0.4, 0.5) is 18.9 Å². The molecule has 1 heterocycles. The van der Waals surface area contributed by atoms with Gasteiger partial charge in [0.1, 0.15) is 5.75 Å². The molecule has 1 saturated heterocycles. The van der Waals surface area contributed by atoms with Gasteiger partial charge in [0.05, 0.1) is 16.2 Å². The topological polar surface area (TPSA) is 46.6 Å². The Bertz CT molecular complexity index is 923. The Morgan fingerprint density at radius 3 is 2.20 bits per heavy atom. The summed E-state index contributed by atoms with van der Waals surface area (Å²) < 4.78 is 53.7. The standard InChI is InChI=1S/C22H22F3NO3S/c23-22(24,25)29-17-8-6-16(7-9-17)26-15-14-21(20(26)27)12-10-19(11-13-21)30(28)18-4-2-1-3-5-18/h1-9,19H,10-15H2/t19?,21?,30-/m0/s1. The lowest BCUT2D eigenvalue weighted by molar-refractivity contribution is -0.274. The highest BCUT2D eigenvalue weighted by molar-refractivity contribution is 7.85. The molecule has 8 heteroatoms. The summed E-state index contributed by atoms with van der Waals surface area (Å²) in [6.07, 6.45) is -1.23. The van der Waals surface area contributed by atoms with Crippen LogP contribution in [0.5, 0.6) is 5.75 Å². The predicted molar refractivity (Wildman–Crippen MR) is 108 cm³/mol. The molecule has 0 bridgehead atoms. The van der Waals surface area contributed by atoms with E-state index in [0.29, 0.717) is 31.5 Å². The van der Waals surface area contributed by atoms with Crippen LogP contribution in [0.1, 0.15) is 32.1 Å². The minimum Gasteiger partial charge on any atom is -0.406 e. The summed E-state index contributed by atoms with van der Waals surface area (Å²) in [4.78, 5) is 15.6. The highest BCUT2D eigenvalue weighted by Gasteiger charge is 2.49. The fourth-order valence-electron chi connectivity index (χ4n) is 4.46. The largest absolute Gasteiger partial charge is 0.573 e. The molecule has 2 aromatic rings. The lowest BCUT2D eigenvalue weighted by Gasteiger charge is -2.35. The van der Waals surface area contributed by atoms with Crippen molar-refractivity contribution in [1.82, 2.24) is 0 Å². The first kappa shape index (κ1) is 20.9. The summed E-state index contributed by atoms with van der Waals surface area (Å²) in [6, 6.07) is 14.8. The van der Waals surface area contributed by atoms with Gasteiger partial charge in [0.25, 0.3) is 0 Å². The molecule has 1 saturated carbocycles. The number of benzene rings is 2. The zero-order valence-electron chi connectivity index (χ0n) is 16.2. The molecule has 0 unspecified atom stereocenters. The Kier molecular flexibility index (Phi) is 5.61. The van der Waals surface area contributed by atoms with Gasteiger partial charge in [-0.3, -0.25) is 9.00 Å². The molecule has 2 aliphatic rings. The molecule has 4 nitrogen and oxygen atoms in total. The summed E-state index contributed by atoms with van der Waals surface area (Å²) >= 11 is 0. The molecule has 0 aromatic heterocycles. The van der Waals surface area contributed by atoms with Gasteiger partial charge in [0, 0.05) is 22.4 Å². The maximum atomic E-state index is 13.2. The van der Waals surface area contributed by atoms with Crippen LogP contribution in [0, 0.1) is 5.41 Å². The predicted octanol–water partition coefficient (Wildman–Crippen LogP) is 5.06. The fourth-order valence-corrected chi connectivity index (χ4v) is 5.94. The lowest BCUT2D eigenvalue weighted by atomic mass is 9.73. The Balaban J connectivity index is 1.41. The summed E-state index contributed by atoms with van der Waals surface area (Å²) in [5, 5.41) is 0.0404. The number of hydrogen-bond donors (Lipinski definition) is 0. The number of ether oxygens (including phenoxy) is 1. The van der Waals surface area contributed by atoms with Crippen molar-refractivity contribution in [3.63, 3.8) is 0 Å². The quantitative estimate of drug-likeness (QED) is 0.672. The smallest absolute Gasteiger partial charge is 0.406 e. The van der Waals surface area contributed by atoms with Gasteiger partial charge in [-0.1, -0.05) is 18.2 Å². The van der Waals surface area contributed by atoms with Gasteiger partial charge in [-0.2, -0.15) is 0 Å². The average Bonchev–Trinajstić information content (AvgIpc) is 3.04. The van der Waals surface area contributed by atoms with E-state index >= 15 is 0 Å². The molecule has 1 atom stereocenters. The minimum atomic E-state index is -4.74. The van der Waals surface area contributed by atoms with Crippen molar-refractivity contribution in [2.24, 2.45) is 5.41 Å². The molecule has 1 aliphatic carbocycles. The maximum Gasteiger partial charge on any atom is 0.573 e. The van der Waals surface area contributed by atoms with E-state index in [1.54, 1.807) is 4.90 Å². The number of nitrogens with zero attached hydrogens (tertiary/aromatic N) is 1. The molecule has 0 N–H and O–H groups in total. The first-order valence-electron chi connectivity index (χ1n) is 9.91. The van der Waals surface area contributed by atoms with Crippen molar-refractivity contribution in [3.05, 3.63) is 54.6 Å². The summed E-state index contributed by atoms with van der Waals surface area (Å²) in [5.41, 5.74) is 0.111.